The van der Waals surface area contributed by atoms with Crippen LogP contribution < -0.4 is 14.2 Å². The fourth-order valence-electron chi connectivity index (χ4n) is 4.88. The third-order valence-electron chi connectivity index (χ3n) is 6.84. The summed E-state index contributed by atoms with van der Waals surface area (Å²) in [5.74, 6) is 2.48. The Morgan fingerprint density at radius 1 is 0.974 bits per heavy atom. The molecule has 1 aliphatic heterocycles. The minimum Gasteiger partial charge on any atom is -0.497 e. The van der Waals surface area contributed by atoms with Gasteiger partial charge in [0, 0.05) is 32.9 Å². The van der Waals surface area contributed by atoms with Gasteiger partial charge in [-0.05, 0) is 67.0 Å². The number of amides is 1. The molecule has 0 radical (unpaired) electrons. The van der Waals surface area contributed by atoms with Crippen LogP contribution in [0.3, 0.4) is 0 Å². The minimum atomic E-state index is -0.209. The summed E-state index contributed by atoms with van der Waals surface area (Å²) in [6.07, 6.45) is 4.65. The fraction of sp³-hybridized carbons (Fsp3) is 0.533. The minimum absolute atomic E-state index is 0. The summed E-state index contributed by atoms with van der Waals surface area (Å²) in [6.45, 7) is 6.75. The number of methoxy groups -OCH3 is 3. The quantitative estimate of drug-likeness (QED) is 0.351. The SMILES string of the molecule is CCC(=O)OCCCC(=O)N1CCOCC1.COc1ccc2c(c1)CCCc1cc(C)c(OC)c(OC)c1-2.[HH]. The summed E-state index contributed by atoms with van der Waals surface area (Å²) in [5.41, 5.74) is 6.15. The number of nitrogens with zero attached hydrogens (tertiary/aromatic N) is 1. The molecular formula is C30H43NO7. The number of morpholine rings is 1. The summed E-state index contributed by atoms with van der Waals surface area (Å²) in [5, 5.41) is 0. The smallest absolute Gasteiger partial charge is 0.305 e. The summed E-state index contributed by atoms with van der Waals surface area (Å²) in [6, 6.07) is 8.52. The molecule has 2 aromatic rings. The molecule has 210 valence electrons. The van der Waals surface area contributed by atoms with Crippen LogP contribution in [0.25, 0.3) is 11.1 Å². The van der Waals surface area contributed by atoms with Gasteiger partial charge < -0.3 is 28.6 Å². The maximum absolute atomic E-state index is 11.6. The molecule has 1 heterocycles. The van der Waals surface area contributed by atoms with Gasteiger partial charge in [-0.25, -0.2) is 0 Å². The van der Waals surface area contributed by atoms with Crippen molar-refractivity contribution in [3.05, 3.63) is 41.0 Å². The summed E-state index contributed by atoms with van der Waals surface area (Å²) in [4.78, 5) is 24.3. The Kier molecular flexibility index (Phi) is 11.3. The number of fused-ring (bicyclic) bond motifs is 3. The van der Waals surface area contributed by atoms with E-state index in [-0.39, 0.29) is 13.3 Å². The van der Waals surface area contributed by atoms with Crippen molar-refractivity contribution in [1.82, 2.24) is 4.90 Å². The summed E-state index contributed by atoms with van der Waals surface area (Å²) < 4.78 is 26.7. The molecule has 0 unspecified atom stereocenters. The molecule has 0 saturated carbocycles. The van der Waals surface area contributed by atoms with E-state index in [0.717, 1.165) is 42.1 Å². The van der Waals surface area contributed by atoms with Crippen molar-refractivity contribution >= 4 is 11.9 Å². The molecule has 8 nitrogen and oxygen atoms in total. The van der Waals surface area contributed by atoms with Crippen LogP contribution >= 0.6 is 0 Å². The molecule has 0 aromatic heterocycles. The van der Waals surface area contributed by atoms with Crippen LogP contribution in [-0.4, -0.2) is 71.0 Å². The zero-order valence-electron chi connectivity index (χ0n) is 23.4. The van der Waals surface area contributed by atoms with Gasteiger partial charge in [-0.15, -0.1) is 0 Å². The lowest BCUT2D eigenvalue weighted by Gasteiger charge is -2.26. The first kappa shape index (κ1) is 29.3. The van der Waals surface area contributed by atoms with E-state index in [2.05, 4.69) is 25.1 Å². The van der Waals surface area contributed by atoms with Crippen molar-refractivity contribution in [1.29, 1.82) is 0 Å². The molecule has 8 heteroatoms. The molecule has 0 atom stereocenters. The second-order valence-electron chi connectivity index (χ2n) is 9.34. The average Bonchev–Trinajstić information content (AvgIpc) is 3.13. The number of rotatable bonds is 8. The van der Waals surface area contributed by atoms with Crippen molar-refractivity contribution in [3.63, 3.8) is 0 Å². The van der Waals surface area contributed by atoms with E-state index >= 15 is 0 Å². The van der Waals surface area contributed by atoms with Gasteiger partial charge in [-0.3, -0.25) is 9.59 Å². The predicted molar refractivity (Wildman–Crippen MR) is 148 cm³/mol. The van der Waals surface area contributed by atoms with Crippen LogP contribution in [0.5, 0.6) is 17.2 Å². The van der Waals surface area contributed by atoms with Gasteiger partial charge in [0.2, 0.25) is 5.91 Å². The highest BCUT2D eigenvalue weighted by Gasteiger charge is 2.23. The number of aryl methyl sites for hydroxylation is 3. The van der Waals surface area contributed by atoms with Crippen molar-refractivity contribution in [2.75, 3.05) is 54.2 Å². The van der Waals surface area contributed by atoms with Crippen LogP contribution in [0.1, 0.15) is 50.7 Å². The van der Waals surface area contributed by atoms with Crippen molar-refractivity contribution in [2.45, 2.75) is 52.4 Å². The molecule has 1 fully saturated rings. The van der Waals surface area contributed by atoms with E-state index in [1.165, 1.54) is 22.3 Å². The van der Waals surface area contributed by atoms with Gasteiger partial charge in [-0.1, -0.05) is 19.1 Å². The maximum Gasteiger partial charge on any atom is 0.305 e. The molecule has 2 aliphatic rings. The van der Waals surface area contributed by atoms with Crippen LogP contribution in [-0.2, 0) is 31.9 Å². The average molecular weight is 530 g/mol. The highest BCUT2D eigenvalue weighted by molar-refractivity contribution is 5.81. The number of benzene rings is 2. The van der Waals surface area contributed by atoms with E-state index in [1.54, 1.807) is 33.2 Å². The molecule has 1 amide bonds. The van der Waals surface area contributed by atoms with Crippen LogP contribution in [0.4, 0.5) is 0 Å². The Labute approximate surface area is 227 Å². The zero-order chi connectivity index (χ0) is 27.5. The molecule has 0 N–H and O–H groups in total. The lowest BCUT2D eigenvalue weighted by atomic mass is 9.93. The Morgan fingerprint density at radius 3 is 2.34 bits per heavy atom. The molecule has 0 bridgehead atoms. The largest absolute Gasteiger partial charge is 0.497 e. The first-order valence-electron chi connectivity index (χ1n) is 13.4. The van der Waals surface area contributed by atoms with E-state index in [1.807, 2.05) is 6.07 Å². The monoisotopic (exact) mass is 529 g/mol. The van der Waals surface area contributed by atoms with Crippen molar-refractivity contribution < 1.29 is 34.7 Å². The van der Waals surface area contributed by atoms with E-state index < -0.39 is 0 Å². The first-order valence-corrected chi connectivity index (χ1v) is 13.4. The molecule has 1 saturated heterocycles. The Morgan fingerprint density at radius 2 is 1.68 bits per heavy atom. The standard InChI is InChI=1S/C19H22O3.C11H19NO4.H2/c1-12-10-14-7-5-6-13-11-15(20-2)8-9-16(13)17(14)19(22-4)18(12)21-3;1-2-11(14)16-7-3-4-10(13)12-5-8-15-9-6-12;/h8-11H,5-7H2,1-4H3;2-9H2,1H3;1H. The lowest BCUT2D eigenvalue weighted by Crippen LogP contribution is -2.40. The predicted octanol–water partition coefficient (Wildman–Crippen LogP) is 5.00. The molecule has 4 rings (SSSR count). The second kappa shape index (κ2) is 14.6. The fourth-order valence-corrected chi connectivity index (χ4v) is 4.88. The van der Waals surface area contributed by atoms with Crippen LogP contribution in [0, 0.1) is 6.92 Å². The van der Waals surface area contributed by atoms with E-state index in [9.17, 15) is 9.59 Å². The summed E-state index contributed by atoms with van der Waals surface area (Å²) in [7, 11) is 5.12. The van der Waals surface area contributed by atoms with Gasteiger partial charge in [0.1, 0.15) is 5.75 Å². The second-order valence-corrected chi connectivity index (χ2v) is 9.34. The van der Waals surface area contributed by atoms with E-state index in [0.29, 0.717) is 52.2 Å². The van der Waals surface area contributed by atoms with Crippen molar-refractivity contribution in [3.8, 4) is 28.4 Å². The third-order valence-corrected chi connectivity index (χ3v) is 6.84. The Bertz CT molecular complexity index is 1100. The lowest BCUT2D eigenvalue weighted by molar-refractivity contribution is -0.144. The molecule has 1 aliphatic carbocycles. The van der Waals surface area contributed by atoms with Gasteiger partial charge in [-0.2, -0.15) is 0 Å². The van der Waals surface area contributed by atoms with Gasteiger partial charge >= 0.3 is 5.97 Å². The van der Waals surface area contributed by atoms with E-state index in [4.69, 9.17) is 23.7 Å². The van der Waals surface area contributed by atoms with Gasteiger partial charge in [0.05, 0.1) is 41.2 Å². The highest BCUT2D eigenvalue weighted by atomic mass is 16.5. The van der Waals surface area contributed by atoms with Gasteiger partial charge in [0.25, 0.3) is 0 Å². The van der Waals surface area contributed by atoms with Crippen molar-refractivity contribution in [2.24, 2.45) is 0 Å². The zero-order valence-corrected chi connectivity index (χ0v) is 23.4. The molecular weight excluding hydrogens is 486 g/mol. The number of hydrogen-bond donors (Lipinski definition) is 0. The normalized spacial score (nSPS) is 14.2. The van der Waals surface area contributed by atoms with Crippen LogP contribution in [0.2, 0.25) is 0 Å². The number of hydrogen-bond acceptors (Lipinski definition) is 7. The van der Waals surface area contributed by atoms with Crippen LogP contribution in [0.15, 0.2) is 24.3 Å². The maximum atomic E-state index is 11.6. The molecule has 2 aromatic carbocycles. The third kappa shape index (κ3) is 7.40. The molecule has 38 heavy (non-hydrogen) atoms. The topological polar surface area (TPSA) is 83.5 Å². The highest BCUT2D eigenvalue weighted by Crippen LogP contribution is 2.46. The number of esters is 1. The number of carbonyl (C=O) groups is 2. The summed E-state index contributed by atoms with van der Waals surface area (Å²) >= 11 is 0. The first-order chi connectivity index (χ1) is 18.4. The number of ether oxygens (including phenoxy) is 5. The van der Waals surface area contributed by atoms with Gasteiger partial charge in [0.15, 0.2) is 11.5 Å². The molecule has 0 spiro atoms. The Hall–Kier alpha value is -3.26. The number of carbonyl (C=O) groups excluding carboxylic acids is 2. The Balaban J connectivity index is 0.000000281.